The molecule has 0 bridgehead atoms. The molecular formula is C24H21ClN2O3S2. The van der Waals surface area contributed by atoms with Gasteiger partial charge in [0.2, 0.25) is 0 Å². The van der Waals surface area contributed by atoms with E-state index in [1.165, 1.54) is 16.8 Å². The molecule has 4 rings (SSSR count). The van der Waals surface area contributed by atoms with Crippen LogP contribution in [0.3, 0.4) is 0 Å². The van der Waals surface area contributed by atoms with Crippen molar-refractivity contribution in [3.05, 3.63) is 87.0 Å². The van der Waals surface area contributed by atoms with Crippen LogP contribution in [-0.4, -0.2) is 22.0 Å². The van der Waals surface area contributed by atoms with E-state index in [9.17, 15) is 4.79 Å². The number of thiocarbonyl (C=S) groups is 1. The molecule has 1 fully saturated rings. The van der Waals surface area contributed by atoms with Crippen LogP contribution in [0.5, 0.6) is 11.5 Å². The van der Waals surface area contributed by atoms with Gasteiger partial charge >= 0.3 is 0 Å². The minimum absolute atomic E-state index is 0.179. The van der Waals surface area contributed by atoms with Gasteiger partial charge in [0.05, 0.1) is 17.0 Å². The zero-order chi connectivity index (χ0) is 22.8. The number of hydrogen-bond acceptors (Lipinski definition) is 5. The van der Waals surface area contributed by atoms with E-state index in [1.54, 1.807) is 25.3 Å². The highest BCUT2D eigenvalue weighted by molar-refractivity contribution is 8.27. The number of amides is 1. The maximum Gasteiger partial charge on any atom is 0.285 e. The SMILES string of the molecule is COc1cc(/C=C2\SC(=S)N(n3c(C)ccc3C)C2=O)cc(Cl)c1OCc1ccccc1. The van der Waals surface area contributed by atoms with Gasteiger partial charge in [-0.2, -0.15) is 5.01 Å². The topological polar surface area (TPSA) is 43.7 Å². The number of thioether (sulfide) groups is 1. The molecule has 2 aromatic carbocycles. The number of aromatic nitrogens is 1. The summed E-state index contributed by atoms with van der Waals surface area (Å²) in [5, 5.41) is 1.92. The molecule has 164 valence electrons. The third kappa shape index (κ3) is 4.41. The average Bonchev–Trinajstić information content (AvgIpc) is 3.24. The Balaban J connectivity index is 1.61. The highest BCUT2D eigenvalue weighted by Gasteiger charge is 2.34. The standard InChI is InChI=1S/C24H21ClN2O3S2/c1-15-9-10-16(2)26(15)27-23(28)21(32-24(27)31)13-18-11-19(25)22(20(12-18)29-3)30-14-17-7-5-4-6-8-17/h4-13H,14H2,1-3H3/b21-13-. The summed E-state index contributed by atoms with van der Waals surface area (Å²) in [6.07, 6.45) is 1.77. The molecule has 8 heteroatoms. The summed E-state index contributed by atoms with van der Waals surface area (Å²) in [6.45, 7) is 4.24. The van der Waals surface area contributed by atoms with Gasteiger partial charge in [-0.25, -0.2) is 0 Å². The molecule has 1 saturated heterocycles. The zero-order valence-electron chi connectivity index (χ0n) is 17.8. The lowest BCUT2D eigenvalue weighted by atomic mass is 10.1. The van der Waals surface area contributed by atoms with Crippen molar-refractivity contribution in [1.82, 2.24) is 4.68 Å². The Morgan fingerprint density at radius 2 is 1.78 bits per heavy atom. The van der Waals surface area contributed by atoms with Crippen molar-refractivity contribution in [3.63, 3.8) is 0 Å². The van der Waals surface area contributed by atoms with Gasteiger partial charge in [0.15, 0.2) is 15.8 Å². The third-order valence-corrected chi connectivity index (χ3v) is 6.55. The van der Waals surface area contributed by atoms with Gasteiger partial charge in [0.25, 0.3) is 5.91 Å². The van der Waals surface area contributed by atoms with E-state index in [0.29, 0.717) is 32.4 Å². The van der Waals surface area contributed by atoms with E-state index < -0.39 is 0 Å². The highest BCUT2D eigenvalue weighted by Crippen LogP contribution is 2.39. The number of halogens is 1. The lowest BCUT2D eigenvalue weighted by molar-refractivity contribution is -0.114. The first-order valence-electron chi connectivity index (χ1n) is 9.86. The molecule has 32 heavy (non-hydrogen) atoms. The van der Waals surface area contributed by atoms with Crippen molar-refractivity contribution < 1.29 is 14.3 Å². The van der Waals surface area contributed by atoms with Crippen molar-refractivity contribution in [2.75, 3.05) is 12.1 Å². The van der Waals surface area contributed by atoms with E-state index in [-0.39, 0.29) is 5.91 Å². The minimum atomic E-state index is -0.179. The summed E-state index contributed by atoms with van der Waals surface area (Å²) < 4.78 is 13.7. The molecule has 2 heterocycles. The summed E-state index contributed by atoms with van der Waals surface area (Å²) in [7, 11) is 1.56. The molecule has 0 N–H and O–H groups in total. The lowest BCUT2D eigenvalue weighted by Gasteiger charge is -2.20. The summed E-state index contributed by atoms with van der Waals surface area (Å²) in [6, 6.07) is 17.3. The predicted octanol–water partition coefficient (Wildman–Crippen LogP) is 5.88. The second-order valence-electron chi connectivity index (χ2n) is 7.23. The molecule has 0 unspecified atom stereocenters. The summed E-state index contributed by atoms with van der Waals surface area (Å²) >= 11 is 13.3. The van der Waals surface area contributed by atoms with Crippen LogP contribution in [0.4, 0.5) is 0 Å². The lowest BCUT2D eigenvalue weighted by Crippen LogP contribution is -2.39. The molecule has 0 spiro atoms. The van der Waals surface area contributed by atoms with Crippen LogP contribution in [0.15, 0.2) is 59.5 Å². The Morgan fingerprint density at radius 1 is 1.09 bits per heavy atom. The fourth-order valence-corrected chi connectivity index (χ4v) is 4.97. The molecular weight excluding hydrogens is 464 g/mol. The van der Waals surface area contributed by atoms with Crippen molar-refractivity contribution in [1.29, 1.82) is 0 Å². The number of aryl methyl sites for hydroxylation is 2. The van der Waals surface area contributed by atoms with Gasteiger partial charge in [0, 0.05) is 11.4 Å². The predicted molar refractivity (Wildman–Crippen MR) is 134 cm³/mol. The first-order chi connectivity index (χ1) is 15.4. The molecule has 0 aliphatic carbocycles. The van der Waals surface area contributed by atoms with Crippen molar-refractivity contribution in [2.45, 2.75) is 20.5 Å². The first kappa shape index (κ1) is 22.5. The molecule has 0 atom stereocenters. The fraction of sp³-hybridized carbons (Fsp3) is 0.167. The monoisotopic (exact) mass is 484 g/mol. The number of nitrogens with zero attached hydrogens (tertiary/aromatic N) is 2. The van der Waals surface area contributed by atoms with Crippen molar-refractivity contribution in [3.8, 4) is 11.5 Å². The Labute approximate surface area is 201 Å². The van der Waals surface area contributed by atoms with Gasteiger partial charge in [-0.05, 0) is 67.5 Å². The van der Waals surface area contributed by atoms with E-state index in [4.69, 9.17) is 33.3 Å². The molecule has 1 aromatic heterocycles. The number of benzene rings is 2. The second-order valence-corrected chi connectivity index (χ2v) is 9.31. The molecule has 5 nitrogen and oxygen atoms in total. The minimum Gasteiger partial charge on any atom is -0.493 e. The molecule has 0 radical (unpaired) electrons. The first-order valence-corrected chi connectivity index (χ1v) is 11.5. The molecule has 3 aromatic rings. The summed E-state index contributed by atoms with van der Waals surface area (Å²) in [4.78, 5) is 13.6. The average molecular weight is 485 g/mol. The van der Waals surface area contributed by atoms with Crippen LogP contribution in [0.25, 0.3) is 6.08 Å². The van der Waals surface area contributed by atoms with Gasteiger partial charge in [-0.1, -0.05) is 53.7 Å². The highest BCUT2D eigenvalue weighted by atomic mass is 35.5. The van der Waals surface area contributed by atoms with Gasteiger partial charge in [-0.3, -0.25) is 9.47 Å². The Bertz CT molecular complexity index is 1200. The summed E-state index contributed by atoms with van der Waals surface area (Å²) in [5.41, 5.74) is 3.61. The van der Waals surface area contributed by atoms with Crippen molar-refractivity contribution in [2.24, 2.45) is 0 Å². The number of ether oxygens (including phenoxy) is 2. The van der Waals surface area contributed by atoms with Gasteiger partial charge in [-0.15, -0.1) is 0 Å². The van der Waals surface area contributed by atoms with Crippen LogP contribution in [0.2, 0.25) is 5.02 Å². The number of hydrogen-bond donors (Lipinski definition) is 0. The largest absolute Gasteiger partial charge is 0.493 e. The Kier molecular flexibility index (Phi) is 6.60. The van der Waals surface area contributed by atoms with Gasteiger partial charge in [0.1, 0.15) is 6.61 Å². The molecule has 1 aliphatic heterocycles. The molecule has 1 aliphatic rings. The van der Waals surface area contributed by atoms with Crippen LogP contribution in [0, 0.1) is 13.8 Å². The van der Waals surface area contributed by atoms with Crippen LogP contribution >= 0.6 is 35.6 Å². The van der Waals surface area contributed by atoms with Gasteiger partial charge < -0.3 is 9.47 Å². The molecule has 0 saturated carbocycles. The fourth-order valence-electron chi connectivity index (χ4n) is 3.45. The van der Waals surface area contributed by atoms with Crippen molar-refractivity contribution >= 4 is 51.9 Å². The second kappa shape index (κ2) is 9.40. The number of carbonyl (C=O) groups excluding carboxylic acids is 1. The Morgan fingerprint density at radius 3 is 2.44 bits per heavy atom. The number of carbonyl (C=O) groups is 1. The maximum absolute atomic E-state index is 13.1. The normalized spacial score (nSPS) is 15.0. The van der Waals surface area contributed by atoms with E-state index in [2.05, 4.69) is 0 Å². The summed E-state index contributed by atoms with van der Waals surface area (Å²) in [5.74, 6) is 0.774. The van der Waals surface area contributed by atoms with E-state index >= 15 is 0 Å². The van der Waals surface area contributed by atoms with E-state index in [0.717, 1.165) is 22.5 Å². The smallest absolute Gasteiger partial charge is 0.285 e. The van der Waals surface area contributed by atoms with Crippen LogP contribution < -0.4 is 14.5 Å². The van der Waals surface area contributed by atoms with Crippen LogP contribution in [0.1, 0.15) is 22.5 Å². The van der Waals surface area contributed by atoms with E-state index in [1.807, 2.05) is 61.0 Å². The van der Waals surface area contributed by atoms with Crippen LogP contribution in [-0.2, 0) is 11.4 Å². The number of rotatable bonds is 6. The third-order valence-electron chi connectivity index (χ3n) is 4.98. The quantitative estimate of drug-likeness (QED) is 0.322. The maximum atomic E-state index is 13.1. The zero-order valence-corrected chi connectivity index (χ0v) is 20.2. The number of methoxy groups -OCH3 is 1. The molecule has 1 amide bonds. The Hall–Kier alpha value is -2.74.